The van der Waals surface area contributed by atoms with E-state index in [2.05, 4.69) is 20.9 Å². The van der Waals surface area contributed by atoms with Crippen LogP contribution < -0.4 is 11.2 Å². The van der Waals surface area contributed by atoms with E-state index in [1.54, 1.807) is 12.1 Å². The fourth-order valence-corrected chi connectivity index (χ4v) is 2.60. The molecule has 0 bridgehead atoms. The van der Waals surface area contributed by atoms with Crippen molar-refractivity contribution in [3.8, 4) is 11.3 Å². The van der Waals surface area contributed by atoms with Gasteiger partial charge in [-0.05, 0) is 36.4 Å². The smallest absolute Gasteiger partial charge is 0.357 e. The molecule has 2 N–H and O–H groups in total. The molecule has 2 aromatic heterocycles. The minimum atomic E-state index is -1.07. The molecule has 0 aliphatic heterocycles. The number of nitro groups is 1. The monoisotopic (exact) mass is 403 g/mol. The van der Waals surface area contributed by atoms with Gasteiger partial charge >= 0.3 is 16.9 Å². The third-order valence-corrected chi connectivity index (χ3v) is 3.77. The number of halogens is 1. The summed E-state index contributed by atoms with van der Waals surface area (Å²) in [4.78, 5) is 37.1. The molecule has 0 unspecified atom stereocenters. The summed E-state index contributed by atoms with van der Waals surface area (Å²) in [5, 5.41) is 11.0. The molecule has 3 aromatic rings. The Morgan fingerprint density at radius 2 is 1.92 bits per heavy atom. The third kappa shape index (κ3) is 3.66. The molecular formula is C16H10BrN3O5. The van der Waals surface area contributed by atoms with E-state index >= 15 is 0 Å². The SMILES string of the molecule is O=c1[nH]c(C=Cc2ccc(-c3cccc(Br)c3)o2)c([N+](=O)[O-])c(=O)[nH]1. The number of benzene rings is 1. The summed E-state index contributed by atoms with van der Waals surface area (Å²) in [5.74, 6) is 1.01. The molecule has 0 fully saturated rings. The molecule has 2 heterocycles. The molecule has 0 radical (unpaired) electrons. The second kappa shape index (κ2) is 6.73. The van der Waals surface area contributed by atoms with Crippen molar-refractivity contribution >= 4 is 33.8 Å². The summed E-state index contributed by atoms with van der Waals surface area (Å²) in [6.45, 7) is 0. The molecule has 25 heavy (non-hydrogen) atoms. The Bertz CT molecular complexity index is 1090. The highest BCUT2D eigenvalue weighted by Crippen LogP contribution is 2.26. The average molecular weight is 404 g/mol. The standard InChI is InChI=1S/C16H10BrN3O5/c17-10-3-1-2-9(8-10)13-7-5-11(25-13)4-6-12-14(20(23)24)15(21)19-16(22)18-12/h1-8H,(H2,18,19,21,22). The molecule has 0 atom stereocenters. The second-order valence-electron chi connectivity index (χ2n) is 4.97. The predicted molar refractivity (Wildman–Crippen MR) is 95.1 cm³/mol. The fraction of sp³-hybridized carbons (Fsp3) is 0. The maximum atomic E-state index is 11.6. The van der Waals surface area contributed by atoms with Gasteiger partial charge in [0.2, 0.25) is 0 Å². The van der Waals surface area contributed by atoms with Crippen LogP contribution in [-0.4, -0.2) is 14.9 Å². The number of hydrogen-bond acceptors (Lipinski definition) is 5. The zero-order valence-electron chi connectivity index (χ0n) is 12.5. The normalized spacial score (nSPS) is 11.1. The quantitative estimate of drug-likeness (QED) is 0.511. The van der Waals surface area contributed by atoms with Crippen LogP contribution in [0.5, 0.6) is 0 Å². The second-order valence-corrected chi connectivity index (χ2v) is 5.89. The van der Waals surface area contributed by atoms with E-state index in [4.69, 9.17) is 4.42 Å². The van der Waals surface area contributed by atoms with Crippen molar-refractivity contribution < 1.29 is 9.34 Å². The summed E-state index contributed by atoms with van der Waals surface area (Å²) in [6, 6.07) is 10.9. The number of furan rings is 1. The van der Waals surface area contributed by atoms with E-state index in [1.165, 1.54) is 12.2 Å². The number of aromatic amines is 2. The molecule has 0 aliphatic rings. The fourth-order valence-electron chi connectivity index (χ4n) is 2.20. The number of hydrogen-bond donors (Lipinski definition) is 2. The lowest BCUT2D eigenvalue weighted by atomic mass is 10.2. The zero-order valence-corrected chi connectivity index (χ0v) is 14.1. The van der Waals surface area contributed by atoms with E-state index in [0.717, 1.165) is 10.0 Å². The van der Waals surface area contributed by atoms with Gasteiger partial charge in [0.1, 0.15) is 17.2 Å². The van der Waals surface area contributed by atoms with Crippen molar-refractivity contribution in [1.82, 2.24) is 9.97 Å². The van der Waals surface area contributed by atoms with Crippen LogP contribution in [0, 0.1) is 10.1 Å². The lowest BCUT2D eigenvalue weighted by Gasteiger charge is -1.97. The number of aromatic nitrogens is 2. The average Bonchev–Trinajstić information content (AvgIpc) is 3.01. The van der Waals surface area contributed by atoms with Crippen LogP contribution in [-0.2, 0) is 0 Å². The summed E-state index contributed by atoms with van der Waals surface area (Å²) in [7, 11) is 0. The topological polar surface area (TPSA) is 122 Å². The number of nitrogens with zero attached hydrogens (tertiary/aromatic N) is 1. The van der Waals surface area contributed by atoms with Crippen LogP contribution >= 0.6 is 15.9 Å². The van der Waals surface area contributed by atoms with Gasteiger partial charge in [-0.2, -0.15) is 0 Å². The van der Waals surface area contributed by atoms with E-state index in [0.29, 0.717) is 11.5 Å². The van der Waals surface area contributed by atoms with Crippen molar-refractivity contribution in [3.05, 3.63) is 83.3 Å². The molecule has 8 nitrogen and oxygen atoms in total. The van der Waals surface area contributed by atoms with Gasteiger partial charge in [0.05, 0.1) is 4.92 Å². The number of H-pyrrole nitrogens is 2. The largest absolute Gasteiger partial charge is 0.457 e. The summed E-state index contributed by atoms with van der Waals surface area (Å²) in [6.07, 6.45) is 2.68. The van der Waals surface area contributed by atoms with Gasteiger partial charge in [0.25, 0.3) is 0 Å². The van der Waals surface area contributed by atoms with E-state index in [1.807, 2.05) is 29.2 Å². The lowest BCUT2D eigenvalue weighted by Crippen LogP contribution is -2.25. The zero-order chi connectivity index (χ0) is 18.0. The minimum Gasteiger partial charge on any atom is -0.457 e. The summed E-state index contributed by atoms with van der Waals surface area (Å²) >= 11 is 3.38. The lowest BCUT2D eigenvalue weighted by molar-refractivity contribution is -0.386. The maximum Gasteiger partial charge on any atom is 0.357 e. The first kappa shape index (κ1) is 16.7. The Balaban J connectivity index is 1.95. The van der Waals surface area contributed by atoms with E-state index < -0.39 is 21.9 Å². The molecule has 3 rings (SSSR count). The summed E-state index contributed by atoms with van der Waals surface area (Å²) < 4.78 is 6.55. The first-order valence-corrected chi connectivity index (χ1v) is 7.78. The van der Waals surface area contributed by atoms with Gasteiger partial charge in [-0.25, -0.2) is 4.79 Å². The van der Waals surface area contributed by atoms with Crippen LogP contribution in [0.1, 0.15) is 11.5 Å². The van der Waals surface area contributed by atoms with Crippen LogP contribution in [0.25, 0.3) is 23.5 Å². The summed E-state index contributed by atoms with van der Waals surface area (Å²) in [5.41, 5.74) is -1.99. The molecular weight excluding hydrogens is 394 g/mol. The van der Waals surface area contributed by atoms with Crippen molar-refractivity contribution in [2.45, 2.75) is 0 Å². The highest BCUT2D eigenvalue weighted by molar-refractivity contribution is 9.10. The van der Waals surface area contributed by atoms with Crippen LogP contribution in [0.15, 0.2) is 54.9 Å². The first-order chi connectivity index (χ1) is 11.9. The Labute approximate surface area is 148 Å². The van der Waals surface area contributed by atoms with Crippen molar-refractivity contribution in [2.24, 2.45) is 0 Å². The van der Waals surface area contributed by atoms with Gasteiger partial charge in [-0.15, -0.1) is 0 Å². The molecule has 9 heteroatoms. The predicted octanol–water partition coefficient (Wildman–Crippen LogP) is 3.16. The molecule has 0 amide bonds. The molecule has 1 aromatic carbocycles. The Kier molecular flexibility index (Phi) is 4.48. The minimum absolute atomic E-state index is 0.209. The molecule has 0 saturated carbocycles. The van der Waals surface area contributed by atoms with Crippen molar-refractivity contribution in [3.63, 3.8) is 0 Å². The van der Waals surface area contributed by atoms with E-state index in [-0.39, 0.29) is 5.69 Å². The molecule has 0 spiro atoms. The van der Waals surface area contributed by atoms with Crippen LogP contribution in [0.2, 0.25) is 0 Å². The first-order valence-electron chi connectivity index (χ1n) is 6.99. The van der Waals surface area contributed by atoms with Gasteiger partial charge in [-0.3, -0.25) is 19.9 Å². The van der Waals surface area contributed by atoms with Crippen molar-refractivity contribution in [1.29, 1.82) is 0 Å². The third-order valence-electron chi connectivity index (χ3n) is 3.28. The van der Waals surface area contributed by atoms with Crippen molar-refractivity contribution in [2.75, 3.05) is 0 Å². The Hall–Kier alpha value is -3.20. The Morgan fingerprint density at radius 3 is 2.64 bits per heavy atom. The van der Waals surface area contributed by atoms with Gasteiger partial charge in [-0.1, -0.05) is 28.1 Å². The van der Waals surface area contributed by atoms with Gasteiger partial charge in [0.15, 0.2) is 0 Å². The molecule has 126 valence electrons. The molecule has 0 saturated heterocycles. The van der Waals surface area contributed by atoms with E-state index in [9.17, 15) is 19.7 Å². The highest BCUT2D eigenvalue weighted by atomic mass is 79.9. The Morgan fingerprint density at radius 1 is 1.12 bits per heavy atom. The van der Waals surface area contributed by atoms with Gasteiger partial charge in [0, 0.05) is 10.0 Å². The number of rotatable bonds is 4. The van der Waals surface area contributed by atoms with Crippen LogP contribution in [0.4, 0.5) is 5.69 Å². The molecule has 0 aliphatic carbocycles. The van der Waals surface area contributed by atoms with Gasteiger partial charge < -0.3 is 9.40 Å². The maximum absolute atomic E-state index is 11.6. The number of nitrogens with one attached hydrogen (secondary N) is 2. The van der Waals surface area contributed by atoms with Crippen LogP contribution in [0.3, 0.4) is 0 Å². The highest BCUT2D eigenvalue weighted by Gasteiger charge is 2.18.